The van der Waals surface area contributed by atoms with Gasteiger partial charge >= 0.3 is 0 Å². The van der Waals surface area contributed by atoms with Gasteiger partial charge in [-0.05, 0) is 63.6 Å². The van der Waals surface area contributed by atoms with Crippen LogP contribution in [0.2, 0.25) is 10.0 Å². The number of halogens is 2. The van der Waals surface area contributed by atoms with Gasteiger partial charge in [0.25, 0.3) is 0 Å². The largest absolute Gasteiger partial charge is 0.384 e. The highest BCUT2D eigenvalue weighted by Gasteiger charge is 2.47. The van der Waals surface area contributed by atoms with Crippen molar-refractivity contribution in [2.75, 3.05) is 12.8 Å². The number of anilines is 1. The number of carbonyl (C=O) groups is 2. The summed E-state index contributed by atoms with van der Waals surface area (Å²) in [5.41, 5.74) is 11.8. The Bertz CT molecular complexity index is 936. The molecule has 31 heavy (non-hydrogen) atoms. The third-order valence-electron chi connectivity index (χ3n) is 5.74. The Morgan fingerprint density at radius 1 is 1.16 bits per heavy atom. The molecule has 5 N–H and O–H groups in total. The molecule has 2 amide bonds. The van der Waals surface area contributed by atoms with Crippen LogP contribution in [-0.2, 0) is 22.6 Å². The smallest absolute Gasteiger partial charge is 0.238 e. The van der Waals surface area contributed by atoms with E-state index in [2.05, 4.69) is 10.3 Å². The van der Waals surface area contributed by atoms with E-state index in [9.17, 15) is 9.59 Å². The molecule has 0 aliphatic rings. The summed E-state index contributed by atoms with van der Waals surface area (Å²) >= 11 is 12.2. The number of nitrogens with one attached hydrogen (secondary N) is 1. The number of primary amides is 1. The molecule has 0 aliphatic carbocycles. The highest BCUT2D eigenvalue weighted by Crippen LogP contribution is 2.31. The minimum absolute atomic E-state index is 0.0251. The van der Waals surface area contributed by atoms with Gasteiger partial charge < -0.3 is 16.8 Å². The maximum absolute atomic E-state index is 13.4. The maximum atomic E-state index is 13.4. The number of aromatic nitrogens is 1. The van der Waals surface area contributed by atoms with Gasteiger partial charge in [-0.1, -0.05) is 35.3 Å². The molecule has 2 atom stereocenters. The summed E-state index contributed by atoms with van der Waals surface area (Å²) < 4.78 is 0. The van der Waals surface area contributed by atoms with Crippen molar-refractivity contribution in [2.24, 2.45) is 11.7 Å². The number of nitrogens with zero attached hydrogens (tertiary/aromatic N) is 2. The van der Waals surface area contributed by atoms with Gasteiger partial charge in [-0.2, -0.15) is 0 Å². The number of hydrogen-bond acceptors (Lipinski definition) is 5. The van der Waals surface area contributed by atoms with Crippen LogP contribution in [0.25, 0.3) is 0 Å². The summed E-state index contributed by atoms with van der Waals surface area (Å²) in [6, 6.07) is 8.57. The molecule has 0 saturated carbocycles. The third kappa shape index (κ3) is 5.87. The Kier molecular flexibility index (Phi) is 8.28. The fraction of sp³-hybridized carbons (Fsp3) is 0.409. The van der Waals surface area contributed by atoms with Crippen LogP contribution < -0.4 is 16.8 Å². The second-order valence-electron chi connectivity index (χ2n) is 8.03. The fourth-order valence-corrected chi connectivity index (χ4v) is 3.75. The average molecular weight is 466 g/mol. The Morgan fingerprint density at radius 2 is 1.81 bits per heavy atom. The van der Waals surface area contributed by atoms with E-state index in [0.717, 1.165) is 11.1 Å². The van der Waals surface area contributed by atoms with Crippen LogP contribution in [-0.4, -0.2) is 40.3 Å². The van der Waals surface area contributed by atoms with Crippen LogP contribution in [0.1, 0.15) is 31.9 Å². The van der Waals surface area contributed by atoms with Gasteiger partial charge in [0.1, 0.15) is 11.4 Å². The third-order valence-corrected chi connectivity index (χ3v) is 6.48. The monoisotopic (exact) mass is 465 g/mol. The maximum Gasteiger partial charge on any atom is 0.238 e. The zero-order valence-electron chi connectivity index (χ0n) is 18.2. The lowest BCUT2D eigenvalue weighted by molar-refractivity contribution is -0.142. The molecule has 0 aliphatic heterocycles. The summed E-state index contributed by atoms with van der Waals surface area (Å²) in [6.45, 7) is 5.82. The Labute approximate surface area is 193 Å². The van der Waals surface area contributed by atoms with E-state index in [4.69, 9.17) is 34.7 Å². The second kappa shape index (κ2) is 10.3. The van der Waals surface area contributed by atoms with Crippen LogP contribution in [0.5, 0.6) is 0 Å². The number of nitrogens with two attached hydrogens (primary N) is 2. The van der Waals surface area contributed by atoms with Gasteiger partial charge in [0.2, 0.25) is 11.8 Å². The second-order valence-corrected chi connectivity index (χ2v) is 8.85. The van der Waals surface area contributed by atoms with Crippen molar-refractivity contribution < 1.29 is 9.59 Å². The quantitative estimate of drug-likeness (QED) is 0.526. The molecular weight excluding hydrogens is 437 g/mol. The average Bonchev–Trinajstić information content (AvgIpc) is 2.72. The number of hydrogen-bond donors (Lipinski definition) is 3. The molecule has 1 aromatic heterocycles. The summed E-state index contributed by atoms with van der Waals surface area (Å²) in [6.07, 6.45) is 1.84. The molecule has 0 saturated heterocycles. The minimum Gasteiger partial charge on any atom is -0.384 e. The first-order valence-electron chi connectivity index (χ1n) is 9.91. The first-order chi connectivity index (χ1) is 14.5. The molecular formula is C22H29Cl2N5O2. The summed E-state index contributed by atoms with van der Waals surface area (Å²) in [7, 11) is 1.79. The molecule has 0 radical (unpaired) electrons. The van der Waals surface area contributed by atoms with E-state index in [0.29, 0.717) is 15.9 Å². The number of amides is 2. The van der Waals surface area contributed by atoms with Crippen molar-refractivity contribution in [1.82, 2.24) is 15.2 Å². The standard InChI is InChI=1S/C22H29Cl2N5O2/c1-13(2)29(4)22(3,21(26)31)16(9-14-5-7-17(23)18(24)10-14)20(30)28-12-15-6-8-19(25)27-11-15/h5-8,10-11,13,16H,9,12H2,1-4H3,(H2,25,27)(H2,26,31)(H,28,30)/t16-,22?/m1/s1. The van der Waals surface area contributed by atoms with E-state index in [1.807, 2.05) is 18.7 Å². The number of benzene rings is 1. The van der Waals surface area contributed by atoms with Crippen LogP contribution in [0.4, 0.5) is 5.82 Å². The highest BCUT2D eigenvalue weighted by molar-refractivity contribution is 6.42. The summed E-state index contributed by atoms with van der Waals surface area (Å²) in [5, 5.41) is 3.70. The van der Waals surface area contributed by atoms with Gasteiger partial charge in [-0.25, -0.2) is 4.98 Å². The van der Waals surface area contributed by atoms with Gasteiger partial charge in [-0.3, -0.25) is 14.5 Å². The topological polar surface area (TPSA) is 114 Å². The number of rotatable bonds is 9. The zero-order chi connectivity index (χ0) is 23.3. The molecule has 1 unspecified atom stereocenters. The first-order valence-corrected chi connectivity index (χ1v) is 10.7. The van der Waals surface area contributed by atoms with E-state index in [1.54, 1.807) is 50.5 Å². The van der Waals surface area contributed by atoms with Crippen molar-refractivity contribution in [3.63, 3.8) is 0 Å². The minimum atomic E-state index is -1.25. The van der Waals surface area contributed by atoms with Crippen molar-refractivity contribution in [2.45, 2.75) is 45.3 Å². The molecule has 1 heterocycles. The molecule has 0 spiro atoms. The van der Waals surface area contributed by atoms with Crippen LogP contribution in [0.3, 0.4) is 0 Å². The van der Waals surface area contributed by atoms with Gasteiger partial charge in [0.05, 0.1) is 16.0 Å². The van der Waals surface area contributed by atoms with Crippen molar-refractivity contribution in [1.29, 1.82) is 0 Å². The molecule has 1 aromatic carbocycles. The van der Waals surface area contributed by atoms with Crippen molar-refractivity contribution in [3.8, 4) is 0 Å². The van der Waals surface area contributed by atoms with Crippen molar-refractivity contribution >= 4 is 40.8 Å². The molecule has 9 heteroatoms. The predicted molar refractivity (Wildman–Crippen MR) is 125 cm³/mol. The van der Waals surface area contributed by atoms with Crippen LogP contribution in [0.15, 0.2) is 36.5 Å². The first kappa shape index (κ1) is 24.9. The lowest BCUT2D eigenvalue weighted by Crippen LogP contribution is -2.64. The summed E-state index contributed by atoms with van der Waals surface area (Å²) in [4.78, 5) is 31.9. The molecule has 0 fully saturated rings. The fourth-order valence-electron chi connectivity index (χ4n) is 3.43. The Hall–Kier alpha value is -2.35. The van der Waals surface area contributed by atoms with Gasteiger partial charge in [0.15, 0.2) is 0 Å². The van der Waals surface area contributed by atoms with E-state index in [-0.39, 0.29) is 24.9 Å². The van der Waals surface area contributed by atoms with E-state index in [1.165, 1.54) is 0 Å². The van der Waals surface area contributed by atoms with Crippen LogP contribution >= 0.6 is 23.2 Å². The molecule has 2 aromatic rings. The predicted octanol–water partition coefficient (Wildman–Crippen LogP) is 3.03. The van der Waals surface area contributed by atoms with Crippen molar-refractivity contribution in [3.05, 3.63) is 57.7 Å². The number of nitrogen functional groups attached to an aromatic ring is 1. The van der Waals surface area contributed by atoms with E-state index < -0.39 is 17.4 Å². The van der Waals surface area contributed by atoms with E-state index >= 15 is 0 Å². The summed E-state index contributed by atoms with van der Waals surface area (Å²) in [5.74, 6) is -1.28. The Morgan fingerprint density at radius 3 is 2.32 bits per heavy atom. The highest BCUT2D eigenvalue weighted by atomic mass is 35.5. The Balaban J connectivity index is 2.39. The lowest BCUT2D eigenvalue weighted by atomic mass is 9.78. The lowest BCUT2D eigenvalue weighted by Gasteiger charge is -2.43. The number of pyridine rings is 1. The molecule has 168 valence electrons. The SMILES string of the molecule is CC(C)N(C)C(C)(C(N)=O)[C@H](Cc1ccc(Cl)c(Cl)c1)C(=O)NCc1ccc(N)nc1. The molecule has 0 bridgehead atoms. The van der Waals surface area contributed by atoms with Crippen LogP contribution in [0, 0.1) is 5.92 Å². The van der Waals surface area contributed by atoms with Gasteiger partial charge in [-0.15, -0.1) is 0 Å². The zero-order valence-corrected chi connectivity index (χ0v) is 19.7. The normalized spacial score (nSPS) is 14.3. The number of likely N-dealkylation sites (N-methyl/N-ethyl adjacent to an activating group) is 1. The molecule has 7 nitrogen and oxygen atoms in total. The molecule has 2 rings (SSSR count). The van der Waals surface area contributed by atoms with Gasteiger partial charge in [0, 0.05) is 18.8 Å². The number of carbonyl (C=O) groups excluding carboxylic acids is 2.